The van der Waals surface area contributed by atoms with E-state index in [9.17, 15) is 4.79 Å². The van der Waals surface area contributed by atoms with Crippen LogP contribution in [0.4, 0.5) is 5.69 Å². The summed E-state index contributed by atoms with van der Waals surface area (Å²) >= 11 is 5.65. The summed E-state index contributed by atoms with van der Waals surface area (Å²) in [6.45, 7) is 0. The number of carbonyl (C=O) groups excluding carboxylic acids is 1. The first kappa shape index (κ1) is 6.61. The number of rotatable bonds is 0. The number of carbonyl (C=O) groups is 1. The number of aromatic nitrogens is 1. The molecule has 1 aromatic rings. The van der Waals surface area contributed by atoms with Crippen LogP contribution in [0.1, 0.15) is 5.56 Å². The average molecular weight is 169 g/mol. The molecule has 2 rings (SSSR count). The Morgan fingerprint density at radius 2 is 2.45 bits per heavy atom. The van der Waals surface area contributed by atoms with Crippen molar-refractivity contribution in [3.8, 4) is 0 Å². The van der Waals surface area contributed by atoms with Crippen LogP contribution in [0.3, 0.4) is 0 Å². The average Bonchev–Trinajstić information content (AvgIpc) is 2.30. The zero-order valence-electron chi connectivity index (χ0n) is 5.62. The number of halogens is 1. The van der Waals surface area contributed by atoms with Gasteiger partial charge in [0.2, 0.25) is 5.91 Å². The smallest absolute Gasteiger partial charge is 0.246 e. The second-order valence-electron chi connectivity index (χ2n) is 2.36. The first-order chi connectivity index (χ1) is 5.29. The zero-order chi connectivity index (χ0) is 7.84. The largest absolute Gasteiger partial charge is 0.273 e. The lowest BCUT2D eigenvalue weighted by Crippen LogP contribution is -2.13. The molecular formula is C7H5ClN2O. The Bertz CT molecular complexity index is 313. The fourth-order valence-electron chi connectivity index (χ4n) is 1.11. The van der Waals surface area contributed by atoms with Gasteiger partial charge in [-0.05, 0) is 6.07 Å². The van der Waals surface area contributed by atoms with Crippen LogP contribution in [0.5, 0.6) is 0 Å². The van der Waals surface area contributed by atoms with Gasteiger partial charge in [-0.2, -0.15) is 0 Å². The summed E-state index contributed by atoms with van der Waals surface area (Å²) < 4.78 is 1.14. The Kier molecular flexibility index (Phi) is 1.32. The topological polar surface area (TPSA) is 33.2 Å². The first-order valence-electron chi connectivity index (χ1n) is 3.20. The lowest BCUT2D eigenvalue weighted by atomic mass is 10.2. The Hall–Kier alpha value is -1.09. The fourth-order valence-corrected chi connectivity index (χ4v) is 1.34. The number of pyridine rings is 1. The summed E-state index contributed by atoms with van der Waals surface area (Å²) in [7, 11) is 0. The van der Waals surface area contributed by atoms with Crippen LogP contribution in [0, 0.1) is 0 Å². The fraction of sp³-hybridized carbons (Fsp3) is 0.143. The first-order valence-corrected chi connectivity index (χ1v) is 3.54. The SMILES string of the molecule is O=C1Cc2cnccc2N1Cl. The van der Waals surface area contributed by atoms with E-state index >= 15 is 0 Å². The number of hydrogen-bond donors (Lipinski definition) is 0. The summed E-state index contributed by atoms with van der Waals surface area (Å²) in [5, 5.41) is 0. The van der Waals surface area contributed by atoms with Gasteiger partial charge in [-0.15, -0.1) is 0 Å². The number of fused-ring (bicyclic) bond motifs is 1. The minimum Gasteiger partial charge on any atom is -0.273 e. The molecule has 4 heteroatoms. The number of nitrogens with zero attached hydrogens (tertiary/aromatic N) is 2. The minimum absolute atomic E-state index is 0.0883. The van der Waals surface area contributed by atoms with Crippen molar-refractivity contribution in [3.05, 3.63) is 24.0 Å². The van der Waals surface area contributed by atoms with Crippen molar-refractivity contribution in [2.75, 3.05) is 4.42 Å². The van der Waals surface area contributed by atoms with Gasteiger partial charge in [-0.25, -0.2) is 4.42 Å². The molecule has 0 unspecified atom stereocenters. The van der Waals surface area contributed by atoms with Crippen LogP contribution in [0.25, 0.3) is 0 Å². The van der Waals surface area contributed by atoms with E-state index < -0.39 is 0 Å². The molecule has 0 spiro atoms. The predicted octanol–water partition coefficient (Wildman–Crippen LogP) is 1.12. The summed E-state index contributed by atoms with van der Waals surface area (Å²) in [4.78, 5) is 14.9. The Morgan fingerprint density at radius 3 is 3.18 bits per heavy atom. The van der Waals surface area contributed by atoms with Gasteiger partial charge in [0.05, 0.1) is 12.1 Å². The molecule has 0 saturated heterocycles. The summed E-state index contributed by atoms with van der Waals surface area (Å²) in [6, 6.07) is 1.73. The molecular weight excluding hydrogens is 164 g/mol. The highest BCUT2D eigenvalue weighted by atomic mass is 35.5. The van der Waals surface area contributed by atoms with Crippen LogP contribution in [0.2, 0.25) is 0 Å². The third-order valence-electron chi connectivity index (χ3n) is 1.65. The van der Waals surface area contributed by atoms with E-state index in [2.05, 4.69) is 4.98 Å². The molecule has 3 nitrogen and oxygen atoms in total. The molecule has 0 aromatic carbocycles. The quantitative estimate of drug-likeness (QED) is 0.544. The normalized spacial score (nSPS) is 15.4. The Morgan fingerprint density at radius 1 is 1.64 bits per heavy atom. The summed E-state index contributed by atoms with van der Waals surface area (Å²) in [5.74, 6) is -0.0883. The standard InChI is InChI=1S/C7H5ClN2O/c8-10-6-1-2-9-4-5(6)3-7(10)11/h1-2,4H,3H2. The van der Waals surface area contributed by atoms with Crippen LogP contribution >= 0.6 is 11.8 Å². The van der Waals surface area contributed by atoms with Crippen LogP contribution < -0.4 is 4.42 Å². The minimum atomic E-state index is -0.0883. The van der Waals surface area contributed by atoms with Gasteiger partial charge < -0.3 is 0 Å². The van der Waals surface area contributed by atoms with Crippen molar-refractivity contribution < 1.29 is 4.79 Å². The second kappa shape index (κ2) is 2.20. The van der Waals surface area contributed by atoms with Gasteiger partial charge >= 0.3 is 0 Å². The third-order valence-corrected chi connectivity index (χ3v) is 2.02. The molecule has 1 aromatic heterocycles. The molecule has 1 aliphatic heterocycles. The van der Waals surface area contributed by atoms with Gasteiger partial charge in [0, 0.05) is 29.7 Å². The summed E-state index contributed by atoms with van der Waals surface area (Å²) in [5.41, 5.74) is 1.65. The highest BCUT2D eigenvalue weighted by Crippen LogP contribution is 2.28. The Balaban J connectivity index is 2.55. The van der Waals surface area contributed by atoms with Crippen LogP contribution in [0.15, 0.2) is 18.5 Å². The molecule has 0 atom stereocenters. The van der Waals surface area contributed by atoms with E-state index in [4.69, 9.17) is 11.8 Å². The van der Waals surface area contributed by atoms with E-state index in [0.29, 0.717) is 6.42 Å². The Labute approximate surface area is 68.7 Å². The van der Waals surface area contributed by atoms with Crippen LogP contribution in [-0.2, 0) is 11.2 Å². The maximum Gasteiger partial charge on any atom is 0.246 e. The zero-order valence-corrected chi connectivity index (χ0v) is 6.38. The van der Waals surface area contributed by atoms with Gasteiger partial charge in [0.1, 0.15) is 0 Å². The molecule has 56 valence electrons. The van der Waals surface area contributed by atoms with E-state index in [1.807, 2.05) is 0 Å². The molecule has 11 heavy (non-hydrogen) atoms. The molecule has 2 heterocycles. The van der Waals surface area contributed by atoms with Gasteiger partial charge in [-0.3, -0.25) is 9.78 Å². The van der Waals surface area contributed by atoms with Crippen molar-refractivity contribution in [2.45, 2.75) is 6.42 Å². The van der Waals surface area contributed by atoms with E-state index in [1.54, 1.807) is 18.5 Å². The molecule has 1 aliphatic rings. The lowest BCUT2D eigenvalue weighted by Gasteiger charge is -2.03. The van der Waals surface area contributed by atoms with Crippen molar-refractivity contribution in [3.63, 3.8) is 0 Å². The van der Waals surface area contributed by atoms with Gasteiger partial charge in [0.25, 0.3) is 0 Å². The molecule has 0 bridgehead atoms. The maximum atomic E-state index is 11.0. The molecule has 0 N–H and O–H groups in total. The lowest BCUT2D eigenvalue weighted by molar-refractivity contribution is -0.116. The number of amides is 1. The van der Waals surface area contributed by atoms with Crippen LogP contribution in [-0.4, -0.2) is 10.9 Å². The van der Waals surface area contributed by atoms with Crippen molar-refractivity contribution in [2.24, 2.45) is 0 Å². The van der Waals surface area contributed by atoms with Crippen molar-refractivity contribution in [1.29, 1.82) is 0 Å². The van der Waals surface area contributed by atoms with E-state index in [-0.39, 0.29) is 5.91 Å². The molecule has 0 fully saturated rings. The molecule has 0 radical (unpaired) electrons. The summed E-state index contributed by atoms with van der Waals surface area (Å²) in [6.07, 6.45) is 3.65. The maximum absolute atomic E-state index is 11.0. The van der Waals surface area contributed by atoms with E-state index in [0.717, 1.165) is 15.7 Å². The van der Waals surface area contributed by atoms with Crippen molar-refractivity contribution >= 4 is 23.4 Å². The third kappa shape index (κ3) is 0.886. The molecule has 0 aliphatic carbocycles. The molecule has 0 saturated carbocycles. The highest BCUT2D eigenvalue weighted by molar-refractivity contribution is 6.38. The van der Waals surface area contributed by atoms with Crippen molar-refractivity contribution in [1.82, 2.24) is 4.98 Å². The van der Waals surface area contributed by atoms with Gasteiger partial charge in [-0.1, -0.05) is 0 Å². The predicted molar refractivity (Wildman–Crippen MR) is 41.3 cm³/mol. The van der Waals surface area contributed by atoms with Gasteiger partial charge in [0.15, 0.2) is 0 Å². The second-order valence-corrected chi connectivity index (χ2v) is 2.69. The van der Waals surface area contributed by atoms with E-state index in [1.165, 1.54) is 0 Å². The number of anilines is 1. The number of hydrogen-bond acceptors (Lipinski definition) is 2. The monoisotopic (exact) mass is 168 g/mol. The molecule has 1 amide bonds. The highest BCUT2D eigenvalue weighted by Gasteiger charge is 2.25.